The van der Waals surface area contributed by atoms with Crippen molar-refractivity contribution in [3.8, 4) is 10.6 Å². The van der Waals surface area contributed by atoms with E-state index in [1.807, 2.05) is 17.5 Å². The van der Waals surface area contributed by atoms with Gasteiger partial charge in [0.2, 0.25) is 0 Å². The Balaban J connectivity index is 2.41. The molecule has 17 heavy (non-hydrogen) atoms. The zero-order valence-corrected chi connectivity index (χ0v) is 10.4. The van der Waals surface area contributed by atoms with Gasteiger partial charge in [0.25, 0.3) is 5.91 Å². The number of carbonyl (C=O) groups excluding carboxylic acids is 1. The first kappa shape index (κ1) is 11.9. The number of thiophene rings is 1. The molecule has 4 nitrogen and oxygen atoms in total. The second kappa shape index (κ2) is 5.14. The Morgan fingerprint density at radius 1 is 1.59 bits per heavy atom. The zero-order valence-electron chi connectivity index (χ0n) is 9.60. The van der Waals surface area contributed by atoms with Crippen LogP contribution in [-0.2, 0) is 6.42 Å². The molecule has 0 unspecified atom stereocenters. The monoisotopic (exact) mass is 250 g/mol. The third kappa shape index (κ3) is 2.39. The largest absolute Gasteiger partial charge is 0.364 e. The van der Waals surface area contributed by atoms with Gasteiger partial charge >= 0.3 is 0 Å². The number of amides is 1. The summed E-state index contributed by atoms with van der Waals surface area (Å²) in [5.74, 6) is 0.157. The standard InChI is InChI=1S/C12H14N2O2S/c1-2-3-5-8-10(12(13)15)14-16-11(8)9-6-4-7-17-9/h4,6-7H,2-3,5H2,1H3,(H2,13,15). The molecule has 0 spiro atoms. The number of primary amides is 1. The maximum absolute atomic E-state index is 11.3. The fraction of sp³-hybridized carbons (Fsp3) is 0.333. The van der Waals surface area contributed by atoms with E-state index in [-0.39, 0.29) is 5.69 Å². The molecule has 2 heterocycles. The maximum Gasteiger partial charge on any atom is 0.271 e. The Morgan fingerprint density at radius 3 is 3.00 bits per heavy atom. The lowest BCUT2D eigenvalue weighted by Crippen LogP contribution is -2.13. The van der Waals surface area contributed by atoms with Gasteiger partial charge in [0.15, 0.2) is 11.5 Å². The van der Waals surface area contributed by atoms with Crippen LogP contribution in [0.4, 0.5) is 0 Å². The van der Waals surface area contributed by atoms with E-state index in [9.17, 15) is 4.79 Å². The van der Waals surface area contributed by atoms with Gasteiger partial charge in [-0.25, -0.2) is 0 Å². The lowest BCUT2D eigenvalue weighted by Gasteiger charge is -1.99. The first-order valence-corrected chi connectivity index (χ1v) is 6.44. The molecule has 0 aliphatic heterocycles. The molecular weight excluding hydrogens is 236 g/mol. The number of hydrogen-bond acceptors (Lipinski definition) is 4. The molecule has 2 N–H and O–H groups in total. The van der Waals surface area contributed by atoms with E-state index in [0.717, 1.165) is 29.7 Å². The van der Waals surface area contributed by atoms with E-state index in [1.54, 1.807) is 11.3 Å². The number of rotatable bonds is 5. The Hall–Kier alpha value is -1.62. The average molecular weight is 250 g/mol. The number of nitrogens with two attached hydrogens (primary N) is 1. The van der Waals surface area contributed by atoms with E-state index in [1.165, 1.54) is 0 Å². The third-order valence-corrected chi connectivity index (χ3v) is 3.42. The molecule has 5 heteroatoms. The van der Waals surface area contributed by atoms with Crippen molar-refractivity contribution in [2.45, 2.75) is 26.2 Å². The second-order valence-electron chi connectivity index (χ2n) is 3.78. The van der Waals surface area contributed by atoms with Crippen LogP contribution in [0, 0.1) is 0 Å². The fourth-order valence-corrected chi connectivity index (χ4v) is 2.42. The molecule has 0 saturated heterocycles. The molecule has 90 valence electrons. The molecule has 0 aromatic carbocycles. The van der Waals surface area contributed by atoms with Crippen LogP contribution in [0.15, 0.2) is 22.0 Å². The van der Waals surface area contributed by atoms with Crippen molar-refractivity contribution in [1.29, 1.82) is 0 Å². The van der Waals surface area contributed by atoms with Crippen molar-refractivity contribution < 1.29 is 9.32 Å². The minimum atomic E-state index is -0.525. The van der Waals surface area contributed by atoms with Crippen LogP contribution in [0.3, 0.4) is 0 Å². The first-order chi connectivity index (χ1) is 8.24. The van der Waals surface area contributed by atoms with Gasteiger partial charge in [0.05, 0.1) is 4.88 Å². The molecule has 2 aromatic heterocycles. The van der Waals surface area contributed by atoms with Crippen molar-refractivity contribution in [2.75, 3.05) is 0 Å². The quantitative estimate of drug-likeness (QED) is 0.887. The summed E-state index contributed by atoms with van der Waals surface area (Å²) in [6, 6.07) is 3.89. The Kier molecular flexibility index (Phi) is 3.58. The molecule has 0 radical (unpaired) electrons. The lowest BCUT2D eigenvalue weighted by molar-refractivity contribution is 0.0991. The van der Waals surface area contributed by atoms with Crippen LogP contribution in [0.25, 0.3) is 10.6 Å². The van der Waals surface area contributed by atoms with E-state index >= 15 is 0 Å². The van der Waals surface area contributed by atoms with Gasteiger partial charge in [0.1, 0.15) is 0 Å². The van der Waals surface area contributed by atoms with Crippen molar-refractivity contribution in [3.63, 3.8) is 0 Å². The lowest BCUT2D eigenvalue weighted by atomic mass is 10.1. The number of carbonyl (C=O) groups is 1. The Morgan fingerprint density at radius 2 is 2.41 bits per heavy atom. The van der Waals surface area contributed by atoms with Gasteiger partial charge in [-0.05, 0) is 24.3 Å². The molecule has 0 aliphatic rings. The highest BCUT2D eigenvalue weighted by Gasteiger charge is 2.20. The summed E-state index contributed by atoms with van der Waals surface area (Å²) in [5, 5.41) is 5.75. The van der Waals surface area contributed by atoms with Crippen molar-refractivity contribution in [2.24, 2.45) is 5.73 Å². The molecule has 0 saturated carbocycles. The summed E-state index contributed by atoms with van der Waals surface area (Å²) in [5.41, 5.74) is 6.40. The van der Waals surface area contributed by atoms with Crippen LogP contribution < -0.4 is 5.73 Å². The summed E-state index contributed by atoms with van der Waals surface area (Å²) in [7, 11) is 0. The van der Waals surface area contributed by atoms with Crippen molar-refractivity contribution in [1.82, 2.24) is 5.16 Å². The SMILES string of the molecule is CCCCc1c(C(N)=O)noc1-c1cccs1. The molecule has 2 rings (SSSR count). The Bertz CT molecular complexity index is 503. The molecule has 0 fully saturated rings. The number of aromatic nitrogens is 1. The van der Waals surface area contributed by atoms with Gasteiger partial charge in [-0.3, -0.25) is 4.79 Å². The summed E-state index contributed by atoms with van der Waals surface area (Å²) in [4.78, 5) is 12.3. The number of nitrogens with zero attached hydrogens (tertiary/aromatic N) is 1. The van der Waals surface area contributed by atoms with Gasteiger partial charge < -0.3 is 10.3 Å². The minimum absolute atomic E-state index is 0.266. The smallest absolute Gasteiger partial charge is 0.271 e. The van der Waals surface area contributed by atoms with Crippen molar-refractivity contribution in [3.05, 3.63) is 28.8 Å². The van der Waals surface area contributed by atoms with Gasteiger partial charge in [-0.15, -0.1) is 11.3 Å². The van der Waals surface area contributed by atoms with Crippen LogP contribution in [0.2, 0.25) is 0 Å². The van der Waals surface area contributed by atoms with Crippen LogP contribution in [-0.4, -0.2) is 11.1 Å². The minimum Gasteiger partial charge on any atom is -0.364 e. The van der Waals surface area contributed by atoms with Crippen LogP contribution in [0.1, 0.15) is 35.8 Å². The normalized spacial score (nSPS) is 10.6. The van der Waals surface area contributed by atoms with Gasteiger partial charge in [-0.1, -0.05) is 24.6 Å². The molecule has 0 bridgehead atoms. The highest BCUT2D eigenvalue weighted by molar-refractivity contribution is 7.13. The van der Waals surface area contributed by atoms with E-state index < -0.39 is 5.91 Å². The number of hydrogen-bond donors (Lipinski definition) is 1. The average Bonchev–Trinajstić information content (AvgIpc) is 2.94. The Labute approximate surface area is 103 Å². The maximum atomic E-state index is 11.3. The predicted molar refractivity (Wildman–Crippen MR) is 66.9 cm³/mol. The molecule has 0 atom stereocenters. The van der Waals surface area contributed by atoms with Crippen LogP contribution in [0.5, 0.6) is 0 Å². The predicted octanol–water partition coefficient (Wildman–Crippen LogP) is 2.84. The van der Waals surface area contributed by atoms with Crippen LogP contribution >= 0.6 is 11.3 Å². The summed E-state index contributed by atoms with van der Waals surface area (Å²) < 4.78 is 5.26. The molecular formula is C12H14N2O2S. The topological polar surface area (TPSA) is 69.1 Å². The first-order valence-electron chi connectivity index (χ1n) is 5.56. The van der Waals surface area contributed by atoms with Crippen molar-refractivity contribution >= 4 is 17.2 Å². The second-order valence-corrected chi connectivity index (χ2v) is 4.73. The summed E-state index contributed by atoms with van der Waals surface area (Å²) in [6.07, 6.45) is 2.80. The highest BCUT2D eigenvalue weighted by atomic mass is 32.1. The third-order valence-electron chi connectivity index (χ3n) is 2.55. The zero-order chi connectivity index (χ0) is 12.3. The summed E-state index contributed by atoms with van der Waals surface area (Å²) in [6.45, 7) is 2.10. The molecule has 0 aliphatic carbocycles. The summed E-state index contributed by atoms with van der Waals surface area (Å²) >= 11 is 1.56. The van der Waals surface area contributed by atoms with E-state index in [0.29, 0.717) is 5.76 Å². The molecule has 2 aromatic rings. The van der Waals surface area contributed by atoms with E-state index in [2.05, 4.69) is 12.1 Å². The number of unbranched alkanes of at least 4 members (excludes halogenated alkanes) is 1. The van der Waals surface area contributed by atoms with Gasteiger partial charge in [0, 0.05) is 5.56 Å². The van der Waals surface area contributed by atoms with Gasteiger partial charge in [-0.2, -0.15) is 0 Å². The highest BCUT2D eigenvalue weighted by Crippen LogP contribution is 2.31. The van der Waals surface area contributed by atoms with E-state index in [4.69, 9.17) is 10.3 Å². The molecule has 1 amide bonds. The fourth-order valence-electron chi connectivity index (χ4n) is 1.69.